The molecule has 142 valence electrons. The fourth-order valence-corrected chi connectivity index (χ4v) is 3.41. The van der Waals surface area contributed by atoms with Gasteiger partial charge in [-0.25, -0.2) is 0 Å². The Morgan fingerprint density at radius 3 is 2.26 bits per heavy atom. The van der Waals surface area contributed by atoms with Crippen molar-refractivity contribution < 1.29 is 24.2 Å². The van der Waals surface area contributed by atoms with Crippen LogP contribution in [0.1, 0.15) is 31.8 Å². The van der Waals surface area contributed by atoms with Crippen LogP contribution in [-0.2, 0) is 4.74 Å². The molecule has 1 N–H and O–H groups in total. The summed E-state index contributed by atoms with van der Waals surface area (Å²) in [7, 11) is 0. The van der Waals surface area contributed by atoms with Crippen LogP contribution in [0.4, 0.5) is 0 Å². The molecule has 0 unspecified atom stereocenters. The van der Waals surface area contributed by atoms with Crippen molar-refractivity contribution in [3.05, 3.63) is 58.7 Å². The first-order valence-corrected chi connectivity index (χ1v) is 8.64. The van der Waals surface area contributed by atoms with E-state index in [9.17, 15) is 14.7 Å². The summed E-state index contributed by atoms with van der Waals surface area (Å²) in [6.07, 6.45) is 0. The number of ketones is 2. The minimum atomic E-state index is -0.355. The van der Waals surface area contributed by atoms with Crippen LogP contribution in [0, 0.1) is 0 Å². The Balaban J connectivity index is 0.00000210. The molecule has 0 amide bonds. The summed E-state index contributed by atoms with van der Waals surface area (Å²) in [5.41, 5.74) is 0.827. The van der Waals surface area contributed by atoms with E-state index < -0.39 is 0 Å². The predicted molar refractivity (Wildman–Crippen MR) is 101 cm³/mol. The summed E-state index contributed by atoms with van der Waals surface area (Å²) >= 11 is 0. The normalized spacial score (nSPS) is 16.3. The van der Waals surface area contributed by atoms with Crippen molar-refractivity contribution in [2.24, 2.45) is 0 Å². The fraction of sp³-hybridized carbons (Fsp3) is 0.300. The standard InChI is InChI=1S/C20H19NO5.ClH/c22-15-5-6-16(26-12-9-21-7-10-25-11-8-21)18-17(15)19(23)13-3-1-2-4-14(13)20(18)24;/h1-6,22H,7-12H2;1H. The molecule has 27 heavy (non-hydrogen) atoms. The molecule has 1 heterocycles. The van der Waals surface area contributed by atoms with Crippen LogP contribution in [0.3, 0.4) is 0 Å². The molecule has 1 aliphatic carbocycles. The highest BCUT2D eigenvalue weighted by atomic mass is 35.5. The van der Waals surface area contributed by atoms with E-state index in [1.165, 1.54) is 6.07 Å². The molecule has 2 aromatic rings. The van der Waals surface area contributed by atoms with Gasteiger partial charge in [0.1, 0.15) is 18.1 Å². The summed E-state index contributed by atoms with van der Waals surface area (Å²) in [4.78, 5) is 27.9. The van der Waals surface area contributed by atoms with E-state index >= 15 is 0 Å². The van der Waals surface area contributed by atoms with Gasteiger partial charge in [0.25, 0.3) is 0 Å². The Bertz CT molecular complexity index is 877. The molecule has 1 aliphatic heterocycles. The average molecular weight is 390 g/mol. The molecule has 4 rings (SSSR count). The molecule has 0 radical (unpaired) electrons. The number of hydrogen-bond acceptors (Lipinski definition) is 6. The number of carbonyl (C=O) groups excluding carboxylic acids is 2. The van der Waals surface area contributed by atoms with Gasteiger partial charge in [-0.3, -0.25) is 14.5 Å². The second-order valence-electron chi connectivity index (χ2n) is 6.34. The second-order valence-corrected chi connectivity index (χ2v) is 6.34. The lowest BCUT2D eigenvalue weighted by Gasteiger charge is -2.27. The van der Waals surface area contributed by atoms with Crippen molar-refractivity contribution >= 4 is 24.0 Å². The van der Waals surface area contributed by atoms with Gasteiger partial charge in [0.05, 0.1) is 24.3 Å². The summed E-state index contributed by atoms with van der Waals surface area (Å²) in [5, 5.41) is 10.2. The zero-order valence-corrected chi connectivity index (χ0v) is 15.5. The average Bonchev–Trinajstić information content (AvgIpc) is 2.68. The van der Waals surface area contributed by atoms with Gasteiger partial charge in [-0.2, -0.15) is 0 Å². The van der Waals surface area contributed by atoms with Gasteiger partial charge in [0.2, 0.25) is 0 Å². The fourth-order valence-electron chi connectivity index (χ4n) is 3.41. The Hall–Kier alpha value is -2.41. The Morgan fingerprint density at radius 1 is 0.963 bits per heavy atom. The Kier molecular flexibility index (Phi) is 5.79. The summed E-state index contributed by atoms with van der Waals surface area (Å²) < 4.78 is 11.1. The van der Waals surface area contributed by atoms with Crippen molar-refractivity contribution in [2.75, 3.05) is 39.5 Å². The van der Waals surface area contributed by atoms with Crippen molar-refractivity contribution in [2.45, 2.75) is 0 Å². The molecule has 2 aliphatic rings. The topological polar surface area (TPSA) is 76.1 Å². The van der Waals surface area contributed by atoms with Crippen LogP contribution in [0.5, 0.6) is 11.5 Å². The van der Waals surface area contributed by atoms with Crippen LogP contribution in [0.25, 0.3) is 0 Å². The largest absolute Gasteiger partial charge is 0.507 e. The molecule has 6 nitrogen and oxygen atoms in total. The molecule has 0 aromatic heterocycles. The third kappa shape index (κ3) is 3.56. The monoisotopic (exact) mass is 389 g/mol. The van der Waals surface area contributed by atoms with Crippen LogP contribution < -0.4 is 4.74 Å². The van der Waals surface area contributed by atoms with Crippen LogP contribution in [0.2, 0.25) is 0 Å². The summed E-state index contributed by atoms with van der Waals surface area (Å²) in [6, 6.07) is 9.60. The van der Waals surface area contributed by atoms with Gasteiger partial charge in [-0.15, -0.1) is 12.4 Å². The predicted octanol–water partition coefficient (Wildman–Crippen LogP) is 2.30. The molecule has 2 aromatic carbocycles. The highest BCUT2D eigenvalue weighted by Crippen LogP contribution is 2.37. The van der Waals surface area contributed by atoms with Crippen LogP contribution in [-0.4, -0.2) is 61.0 Å². The SMILES string of the molecule is Cl.O=C1c2ccccc2C(=O)c2c(OCCN3CCOCC3)ccc(O)c21. The van der Waals surface area contributed by atoms with Crippen molar-refractivity contribution in [3.8, 4) is 11.5 Å². The number of carbonyl (C=O) groups is 2. The maximum atomic E-state index is 12.9. The second kappa shape index (κ2) is 8.08. The number of aromatic hydroxyl groups is 1. The molecular formula is C20H20ClNO5. The molecule has 1 saturated heterocycles. The molecule has 0 saturated carbocycles. The van der Waals surface area contributed by atoms with Gasteiger partial charge in [0, 0.05) is 30.8 Å². The number of phenolic OH excluding ortho intramolecular Hbond substituents is 1. The number of benzene rings is 2. The Morgan fingerprint density at radius 2 is 1.59 bits per heavy atom. The van der Waals surface area contributed by atoms with Crippen molar-refractivity contribution in [1.82, 2.24) is 4.90 Å². The number of nitrogens with zero attached hydrogens (tertiary/aromatic N) is 1. The zero-order valence-electron chi connectivity index (χ0n) is 14.6. The third-order valence-electron chi connectivity index (χ3n) is 4.78. The lowest BCUT2D eigenvalue weighted by Crippen LogP contribution is -2.38. The molecular weight excluding hydrogens is 370 g/mol. The van der Waals surface area contributed by atoms with E-state index in [1.807, 2.05) is 0 Å². The van der Waals surface area contributed by atoms with E-state index in [2.05, 4.69) is 4.90 Å². The number of fused-ring (bicyclic) bond motifs is 2. The minimum absolute atomic E-state index is 0. The lowest BCUT2D eigenvalue weighted by atomic mass is 9.83. The van der Waals surface area contributed by atoms with E-state index in [-0.39, 0.29) is 40.8 Å². The number of morpholine rings is 1. The van der Waals surface area contributed by atoms with E-state index in [4.69, 9.17) is 9.47 Å². The van der Waals surface area contributed by atoms with E-state index in [0.717, 1.165) is 13.1 Å². The van der Waals surface area contributed by atoms with Crippen molar-refractivity contribution in [1.29, 1.82) is 0 Å². The van der Waals surface area contributed by atoms with Crippen LogP contribution in [0.15, 0.2) is 36.4 Å². The van der Waals surface area contributed by atoms with Gasteiger partial charge in [0.15, 0.2) is 11.6 Å². The van der Waals surface area contributed by atoms with Crippen LogP contribution >= 0.6 is 12.4 Å². The number of halogens is 1. The molecule has 0 bridgehead atoms. The summed E-state index contributed by atoms with van der Waals surface area (Å²) in [6.45, 7) is 4.21. The summed E-state index contributed by atoms with van der Waals surface area (Å²) in [5.74, 6) is -0.522. The molecule has 1 fully saturated rings. The zero-order chi connectivity index (χ0) is 18.1. The lowest BCUT2D eigenvalue weighted by molar-refractivity contribution is 0.0322. The van der Waals surface area contributed by atoms with E-state index in [1.54, 1.807) is 30.3 Å². The smallest absolute Gasteiger partial charge is 0.198 e. The number of hydrogen-bond donors (Lipinski definition) is 1. The molecule has 7 heteroatoms. The van der Waals surface area contributed by atoms with Gasteiger partial charge >= 0.3 is 0 Å². The van der Waals surface area contributed by atoms with Gasteiger partial charge in [-0.1, -0.05) is 24.3 Å². The molecule has 0 atom stereocenters. The van der Waals surface area contributed by atoms with Gasteiger partial charge < -0.3 is 14.6 Å². The van der Waals surface area contributed by atoms with Crippen molar-refractivity contribution in [3.63, 3.8) is 0 Å². The minimum Gasteiger partial charge on any atom is -0.507 e. The maximum absolute atomic E-state index is 12.9. The van der Waals surface area contributed by atoms with Gasteiger partial charge in [-0.05, 0) is 12.1 Å². The highest BCUT2D eigenvalue weighted by molar-refractivity contribution is 6.30. The molecule has 0 spiro atoms. The number of phenols is 1. The first-order valence-electron chi connectivity index (χ1n) is 8.64. The highest BCUT2D eigenvalue weighted by Gasteiger charge is 2.34. The first-order chi connectivity index (χ1) is 12.7. The van der Waals surface area contributed by atoms with E-state index in [0.29, 0.717) is 43.2 Å². The third-order valence-corrected chi connectivity index (χ3v) is 4.78. The quantitative estimate of drug-likeness (QED) is 0.738. The Labute approximate surface area is 163 Å². The first kappa shape index (κ1) is 19.4. The maximum Gasteiger partial charge on any atom is 0.198 e. The number of rotatable bonds is 4. The number of ether oxygens (including phenoxy) is 2.